The molecule has 0 aliphatic carbocycles. The van der Waals surface area contributed by atoms with Gasteiger partial charge in [-0.2, -0.15) is 0 Å². The van der Waals surface area contributed by atoms with Gasteiger partial charge in [0, 0.05) is 32.6 Å². The lowest BCUT2D eigenvalue weighted by Gasteiger charge is -2.29. The largest absolute Gasteiger partial charge is 0.340 e. The monoisotopic (exact) mass is 212 g/mol. The molecule has 15 heavy (non-hydrogen) atoms. The Labute approximate surface area is 93.2 Å². The Morgan fingerprint density at radius 1 is 1.33 bits per heavy atom. The highest BCUT2D eigenvalue weighted by Crippen LogP contribution is 2.19. The van der Waals surface area contributed by atoms with E-state index in [9.17, 15) is 4.79 Å². The second kappa shape index (κ2) is 6.11. The number of nitrogens with one attached hydrogen (secondary N) is 1. The van der Waals surface area contributed by atoms with Gasteiger partial charge in [0.1, 0.15) is 0 Å². The van der Waals surface area contributed by atoms with Gasteiger partial charge in [0.15, 0.2) is 0 Å². The van der Waals surface area contributed by atoms with Crippen molar-refractivity contribution in [1.82, 2.24) is 10.2 Å². The molecule has 0 bridgehead atoms. The highest BCUT2D eigenvalue weighted by atomic mass is 16.2. The van der Waals surface area contributed by atoms with Crippen molar-refractivity contribution in [2.75, 3.05) is 26.2 Å². The van der Waals surface area contributed by atoms with Gasteiger partial charge >= 0.3 is 0 Å². The van der Waals surface area contributed by atoms with Crippen LogP contribution in [0, 0.1) is 11.8 Å². The summed E-state index contributed by atoms with van der Waals surface area (Å²) in [7, 11) is 0. The van der Waals surface area contributed by atoms with E-state index in [0.29, 0.717) is 17.7 Å². The Balaban J connectivity index is 2.38. The molecule has 1 saturated heterocycles. The minimum atomic E-state index is 0.344. The highest BCUT2D eigenvalue weighted by Gasteiger charge is 2.21. The van der Waals surface area contributed by atoms with Gasteiger partial charge in [-0.1, -0.05) is 27.2 Å². The summed E-state index contributed by atoms with van der Waals surface area (Å²) in [4.78, 5) is 14.0. The number of rotatable bonds is 4. The number of piperazine rings is 1. The van der Waals surface area contributed by atoms with Crippen LogP contribution in [-0.2, 0) is 4.79 Å². The van der Waals surface area contributed by atoms with Gasteiger partial charge in [0.05, 0.1) is 0 Å². The summed E-state index contributed by atoms with van der Waals surface area (Å²) in [6.07, 6.45) is 1.84. The predicted molar refractivity (Wildman–Crippen MR) is 62.7 cm³/mol. The molecule has 1 N–H and O–H groups in total. The van der Waals surface area contributed by atoms with Gasteiger partial charge in [0.2, 0.25) is 5.91 Å². The van der Waals surface area contributed by atoms with Crippen molar-refractivity contribution in [1.29, 1.82) is 0 Å². The molecule has 1 heterocycles. The van der Waals surface area contributed by atoms with Gasteiger partial charge in [-0.15, -0.1) is 0 Å². The lowest BCUT2D eigenvalue weighted by Crippen LogP contribution is -2.46. The van der Waals surface area contributed by atoms with Crippen molar-refractivity contribution in [3.05, 3.63) is 0 Å². The predicted octanol–water partition coefficient (Wildman–Crippen LogP) is 1.49. The summed E-state index contributed by atoms with van der Waals surface area (Å²) in [6.45, 7) is 10.3. The molecule has 1 aliphatic rings. The van der Waals surface area contributed by atoms with Crippen LogP contribution in [0.2, 0.25) is 0 Å². The molecule has 88 valence electrons. The molecule has 0 saturated carbocycles. The highest BCUT2D eigenvalue weighted by molar-refractivity contribution is 5.76. The van der Waals surface area contributed by atoms with Gasteiger partial charge < -0.3 is 10.2 Å². The maximum absolute atomic E-state index is 12.0. The van der Waals surface area contributed by atoms with Crippen LogP contribution in [0.5, 0.6) is 0 Å². The molecular weight excluding hydrogens is 188 g/mol. The normalized spacial score (nSPS) is 19.3. The topological polar surface area (TPSA) is 32.3 Å². The third-order valence-electron chi connectivity index (χ3n) is 3.37. The van der Waals surface area contributed by atoms with Crippen LogP contribution in [-0.4, -0.2) is 37.0 Å². The standard InChI is InChI=1S/C12H24N2O/c1-4-11(10(2)3)9-12(15)14-7-5-13-6-8-14/h10-11,13H,4-9H2,1-3H3. The lowest BCUT2D eigenvalue weighted by molar-refractivity contribution is -0.133. The molecule has 1 atom stereocenters. The smallest absolute Gasteiger partial charge is 0.222 e. The molecule has 3 nitrogen and oxygen atoms in total. The second-order valence-corrected chi connectivity index (χ2v) is 4.75. The molecule has 1 unspecified atom stereocenters. The molecule has 1 aliphatic heterocycles. The van der Waals surface area contributed by atoms with Crippen LogP contribution in [0.15, 0.2) is 0 Å². The summed E-state index contributed by atoms with van der Waals surface area (Å²) < 4.78 is 0. The minimum Gasteiger partial charge on any atom is -0.340 e. The number of carbonyl (C=O) groups excluding carboxylic acids is 1. The van der Waals surface area contributed by atoms with Crippen molar-refractivity contribution < 1.29 is 4.79 Å². The zero-order chi connectivity index (χ0) is 11.3. The fraction of sp³-hybridized carbons (Fsp3) is 0.917. The van der Waals surface area contributed by atoms with Gasteiger partial charge in [-0.3, -0.25) is 4.79 Å². The Hall–Kier alpha value is -0.570. The molecule has 0 aromatic carbocycles. The van der Waals surface area contributed by atoms with E-state index in [1.165, 1.54) is 0 Å². The van der Waals surface area contributed by atoms with Crippen LogP contribution in [0.3, 0.4) is 0 Å². The molecule has 0 aromatic heterocycles. The number of nitrogens with zero attached hydrogens (tertiary/aromatic N) is 1. The molecule has 1 amide bonds. The van der Waals surface area contributed by atoms with Gasteiger partial charge in [-0.05, 0) is 11.8 Å². The van der Waals surface area contributed by atoms with E-state index in [1.54, 1.807) is 0 Å². The van der Waals surface area contributed by atoms with Crippen molar-refractivity contribution in [3.8, 4) is 0 Å². The zero-order valence-electron chi connectivity index (χ0n) is 10.3. The first-order valence-corrected chi connectivity index (χ1v) is 6.13. The molecular formula is C12H24N2O. The summed E-state index contributed by atoms with van der Waals surface area (Å²) in [6, 6.07) is 0. The Kier molecular flexibility index (Phi) is 5.09. The van der Waals surface area contributed by atoms with E-state index in [2.05, 4.69) is 26.1 Å². The number of carbonyl (C=O) groups is 1. The number of hydrogen-bond acceptors (Lipinski definition) is 2. The van der Waals surface area contributed by atoms with Crippen molar-refractivity contribution in [3.63, 3.8) is 0 Å². The molecule has 0 aromatic rings. The molecule has 1 rings (SSSR count). The fourth-order valence-electron chi connectivity index (χ4n) is 2.12. The SMILES string of the molecule is CCC(CC(=O)N1CCNCC1)C(C)C. The third-order valence-corrected chi connectivity index (χ3v) is 3.37. The first-order valence-electron chi connectivity index (χ1n) is 6.13. The maximum atomic E-state index is 12.0. The number of amides is 1. The lowest BCUT2D eigenvalue weighted by atomic mass is 9.89. The summed E-state index contributed by atoms with van der Waals surface area (Å²) in [5.74, 6) is 1.51. The Morgan fingerprint density at radius 2 is 1.93 bits per heavy atom. The fourth-order valence-corrected chi connectivity index (χ4v) is 2.12. The van der Waals surface area contributed by atoms with E-state index in [1.807, 2.05) is 4.90 Å². The zero-order valence-corrected chi connectivity index (χ0v) is 10.3. The molecule has 1 fully saturated rings. The first-order chi connectivity index (χ1) is 7.15. The Bertz CT molecular complexity index is 198. The van der Waals surface area contributed by atoms with Gasteiger partial charge in [-0.25, -0.2) is 0 Å². The van der Waals surface area contributed by atoms with E-state index in [0.717, 1.165) is 39.0 Å². The van der Waals surface area contributed by atoms with Crippen molar-refractivity contribution in [2.24, 2.45) is 11.8 Å². The average molecular weight is 212 g/mol. The second-order valence-electron chi connectivity index (χ2n) is 4.75. The average Bonchev–Trinajstić information content (AvgIpc) is 2.26. The van der Waals surface area contributed by atoms with E-state index < -0.39 is 0 Å². The van der Waals surface area contributed by atoms with Crippen LogP contribution in [0.25, 0.3) is 0 Å². The molecule has 0 spiro atoms. The summed E-state index contributed by atoms with van der Waals surface area (Å²) in [5, 5.41) is 3.27. The third kappa shape index (κ3) is 3.82. The first kappa shape index (κ1) is 12.5. The van der Waals surface area contributed by atoms with Crippen LogP contribution in [0.4, 0.5) is 0 Å². The van der Waals surface area contributed by atoms with E-state index in [-0.39, 0.29) is 0 Å². The van der Waals surface area contributed by atoms with E-state index in [4.69, 9.17) is 0 Å². The van der Waals surface area contributed by atoms with Crippen LogP contribution >= 0.6 is 0 Å². The van der Waals surface area contributed by atoms with Crippen LogP contribution < -0.4 is 5.32 Å². The maximum Gasteiger partial charge on any atom is 0.222 e. The van der Waals surface area contributed by atoms with Crippen LogP contribution in [0.1, 0.15) is 33.6 Å². The number of hydrogen-bond donors (Lipinski definition) is 1. The van der Waals surface area contributed by atoms with Gasteiger partial charge in [0.25, 0.3) is 0 Å². The summed E-state index contributed by atoms with van der Waals surface area (Å²) >= 11 is 0. The van der Waals surface area contributed by atoms with Crippen molar-refractivity contribution in [2.45, 2.75) is 33.6 Å². The molecule has 0 radical (unpaired) electrons. The summed E-state index contributed by atoms with van der Waals surface area (Å²) in [5.41, 5.74) is 0. The molecule has 3 heteroatoms. The van der Waals surface area contributed by atoms with Crippen molar-refractivity contribution >= 4 is 5.91 Å². The Morgan fingerprint density at radius 3 is 2.40 bits per heavy atom. The van der Waals surface area contributed by atoms with E-state index >= 15 is 0 Å². The minimum absolute atomic E-state index is 0.344. The quantitative estimate of drug-likeness (QED) is 0.766.